The number of nitrogens with zero attached hydrogens (tertiary/aromatic N) is 1. The number of amides is 1. The van der Waals surface area contributed by atoms with E-state index in [1.54, 1.807) is 36.2 Å². The van der Waals surface area contributed by atoms with E-state index in [0.717, 1.165) is 11.3 Å². The Hall–Kier alpha value is -3.14. The second-order valence-corrected chi connectivity index (χ2v) is 8.69. The second kappa shape index (κ2) is 13.7. The minimum Gasteiger partial charge on any atom is -0.467 e. The third-order valence-electron chi connectivity index (χ3n) is 5.37. The zero-order valence-corrected chi connectivity index (χ0v) is 21.2. The maximum atomic E-state index is 13.2. The van der Waals surface area contributed by atoms with Crippen molar-refractivity contribution in [1.82, 2.24) is 15.3 Å². The fourth-order valence-corrected chi connectivity index (χ4v) is 4.03. The number of nitrogens with one attached hydrogen (secondary N) is 2. The van der Waals surface area contributed by atoms with E-state index >= 15 is 0 Å². The average Bonchev–Trinajstić information content (AvgIpc) is 3.38. The molecule has 0 saturated carbocycles. The number of carbonyl (C=O) groups excluding carboxylic acids is 3. The van der Waals surface area contributed by atoms with Crippen LogP contribution >= 0.6 is 24.2 Å². The van der Waals surface area contributed by atoms with Crippen LogP contribution in [0.15, 0.2) is 61.1 Å². The molecule has 0 radical (unpaired) electrons. The number of imidazole rings is 1. The molecule has 0 aliphatic heterocycles. The number of H-pyrrole nitrogens is 1. The first kappa shape index (κ1) is 28.1. The number of nitrogens with two attached hydrogens (primary N) is 1. The molecular formula is C25H29ClN4O4S. The summed E-state index contributed by atoms with van der Waals surface area (Å²) in [5.41, 5.74) is 9.01. The molecule has 0 aliphatic rings. The maximum Gasteiger partial charge on any atom is 0.328 e. The van der Waals surface area contributed by atoms with E-state index in [9.17, 15) is 14.4 Å². The van der Waals surface area contributed by atoms with Crippen LogP contribution in [0.1, 0.15) is 32.8 Å². The summed E-state index contributed by atoms with van der Waals surface area (Å²) in [7, 11) is 1.29. The van der Waals surface area contributed by atoms with Gasteiger partial charge in [-0.25, -0.2) is 9.78 Å². The van der Waals surface area contributed by atoms with Crippen LogP contribution in [0.25, 0.3) is 11.1 Å². The number of methoxy groups -OCH3 is 1. The summed E-state index contributed by atoms with van der Waals surface area (Å²) in [5, 5.41) is 2.78. The molecular weight excluding hydrogens is 488 g/mol. The number of aromatic amines is 1. The van der Waals surface area contributed by atoms with Gasteiger partial charge in [-0.2, -0.15) is 11.8 Å². The van der Waals surface area contributed by atoms with Gasteiger partial charge in [0.25, 0.3) is 5.91 Å². The predicted molar refractivity (Wildman–Crippen MR) is 140 cm³/mol. The number of rotatable bonds is 11. The molecule has 0 saturated heterocycles. The van der Waals surface area contributed by atoms with Gasteiger partial charge in [0.1, 0.15) is 6.04 Å². The fourth-order valence-electron chi connectivity index (χ4n) is 3.55. The summed E-state index contributed by atoms with van der Waals surface area (Å²) in [6.07, 6.45) is 5.85. The number of aromatic nitrogens is 2. The summed E-state index contributed by atoms with van der Waals surface area (Å²) in [6, 6.07) is 12.6. The monoisotopic (exact) mass is 516 g/mol. The van der Waals surface area contributed by atoms with E-state index in [2.05, 4.69) is 15.3 Å². The molecule has 8 nitrogen and oxygen atoms in total. The first-order valence-electron chi connectivity index (χ1n) is 10.8. The number of esters is 1. The number of halogens is 1. The van der Waals surface area contributed by atoms with Crippen LogP contribution in [0, 0.1) is 0 Å². The van der Waals surface area contributed by atoms with Crippen molar-refractivity contribution in [3.8, 4) is 11.1 Å². The number of hydrogen-bond donors (Lipinski definition) is 3. The maximum absolute atomic E-state index is 13.2. The zero-order chi connectivity index (χ0) is 24.5. The summed E-state index contributed by atoms with van der Waals surface area (Å²) < 4.78 is 4.85. The summed E-state index contributed by atoms with van der Waals surface area (Å²) in [6.45, 7) is 0. The fraction of sp³-hybridized carbons (Fsp3) is 0.280. The molecule has 10 heteroatoms. The van der Waals surface area contributed by atoms with Crippen molar-refractivity contribution in [3.63, 3.8) is 0 Å². The summed E-state index contributed by atoms with van der Waals surface area (Å²) in [4.78, 5) is 45.3. The van der Waals surface area contributed by atoms with Crippen LogP contribution in [0.3, 0.4) is 0 Å². The lowest BCUT2D eigenvalue weighted by Crippen LogP contribution is -2.42. The number of Topliss-reactive ketones (excluding diaryl/α,β-unsaturated/α-hetero) is 1. The van der Waals surface area contributed by atoms with E-state index < -0.39 is 24.0 Å². The molecule has 186 valence electrons. The van der Waals surface area contributed by atoms with Crippen molar-refractivity contribution in [3.05, 3.63) is 77.9 Å². The molecule has 2 atom stereocenters. The second-order valence-electron chi connectivity index (χ2n) is 7.71. The molecule has 0 spiro atoms. The molecule has 1 unspecified atom stereocenters. The molecule has 35 heavy (non-hydrogen) atoms. The van der Waals surface area contributed by atoms with E-state index in [-0.39, 0.29) is 18.2 Å². The van der Waals surface area contributed by atoms with E-state index in [1.807, 2.05) is 36.6 Å². The molecule has 1 aromatic heterocycles. The quantitative estimate of drug-likeness (QED) is 0.263. The van der Waals surface area contributed by atoms with Gasteiger partial charge in [0, 0.05) is 29.4 Å². The summed E-state index contributed by atoms with van der Waals surface area (Å²) in [5.74, 6) is -0.477. The third kappa shape index (κ3) is 7.42. The van der Waals surface area contributed by atoms with Gasteiger partial charge < -0.3 is 20.8 Å². The third-order valence-corrected chi connectivity index (χ3v) is 6.01. The Morgan fingerprint density at radius 2 is 1.91 bits per heavy atom. The number of benzene rings is 2. The minimum atomic E-state index is -0.766. The van der Waals surface area contributed by atoms with Crippen LogP contribution in [0.2, 0.25) is 0 Å². The van der Waals surface area contributed by atoms with Gasteiger partial charge in [0.05, 0.1) is 19.5 Å². The van der Waals surface area contributed by atoms with Crippen molar-refractivity contribution in [2.45, 2.75) is 24.9 Å². The zero-order valence-electron chi connectivity index (χ0n) is 19.5. The van der Waals surface area contributed by atoms with E-state index in [0.29, 0.717) is 35.3 Å². The van der Waals surface area contributed by atoms with Gasteiger partial charge in [0.2, 0.25) is 0 Å². The highest BCUT2D eigenvalue weighted by Gasteiger charge is 2.25. The first-order valence-corrected chi connectivity index (χ1v) is 12.2. The molecule has 1 heterocycles. The standard InChI is InChI=1S/C25H28N4O4S.ClH/c1-33-25(32)22(10-11-34-2)29-24(31)19-9-8-17(12-20(19)16-6-4-3-5-7-16)23(30)21(26)13-18-14-27-15-28-18;/h3-9,12,14-15,21-22H,10-11,13,26H2,1-2H3,(H,27,28)(H,29,31);1H/t21-,22?;/m0./s1. The number of ketones is 1. The Morgan fingerprint density at radius 1 is 1.17 bits per heavy atom. The van der Waals surface area contributed by atoms with Gasteiger partial charge in [0.15, 0.2) is 5.78 Å². The van der Waals surface area contributed by atoms with Gasteiger partial charge in [-0.3, -0.25) is 9.59 Å². The molecule has 3 aromatic rings. The van der Waals surface area contributed by atoms with E-state index in [1.165, 1.54) is 13.4 Å². The smallest absolute Gasteiger partial charge is 0.328 e. The molecule has 0 aliphatic carbocycles. The van der Waals surface area contributed by atoms with Gasteiger partial charge in [-0.05, 0) is 41.7 Å². The molecule has 0 bridgehead atoms. The molecule has 1 amide bonds. The van der Waals surface area contributed by atoms with Crippen molar-refractivity contribution >= 4 is 41.8 Å². The minimum absolute atomic E-state index is 0. The normalized spacial score (nSPS) is 12.2. The lowest BCUT2D eigenvalue weighted by atomic mass is 9.93. The number of thioether (sulfide) groups is 1. The lowest BCUT2D eigenvalue weighted by molar-refractivity contribution is -0.142. The number of carbonyl (C=O) groups is 3. The van der Waals surface area contributed by atoms with Crippen molar-refractivity contribution in [2.24, 2.45) is 5.73 Å². The van der Waals surface area contributed by atoms with Crippen LogP contribution < -0.4 is 11.1 Å². The van der Waals surface area contributed by atoms with E-state index in [4.69, 9.17) is 10.5 Å². The van der Waals surface area contributed by atoms with Gasteiger partial charge in [-0.15, -0.1) is 12.4 Å². The summed E-state index contributed by atoms with van der Waals surface area (Å²) >= 11 is 1.58. The van der Waals surface area contributed by atoms with Gasteiger partial charge in [-0.1, -0.05) is 36.4 Å². The Balaban J connectivity index is 0.00000432. The highest BCUT2D eigenvalue weighted by molar-refractivity contribution is 7.98. The van der Waals surface area contributed by atoms with Gasteiger partial charge >= 0.3 is 5.97 Å². The SMILES string of the molecule is COC(=O)C(CCSC)NC(=O)c1ccc(C(=O)[C@@H](N)Cc2cnc[nH]2)cc1-c1ccccc1.Cl. The average molecular weight is 517 g/mol. The molecule has 2 aromatic carbocycles. The highest BCUT2D eigenvalue weighted by Crippen LogP contribution is 2.26. The van der Waals surface area contributed by atoms with Crippen molar-refractivity contribution < 1.29 is 19.1 Å². The Labute approximate surface area is 214 Å². The largest absolute Gasteiger partial charge is 0.467 e. The lowest BCUT2D eigenvalue weighted by Gasteiger charge is -2.18. The molecule has 3 rings (SSSR count). The van der Waals surface area contributed by atoms with Crippen molar-refractivity contribution in [1.29, 1.82) is 0 Å². The van der Waals surface area contributed by atoms with Crippen LogP contribution in [0.5, 0.6) is 0 Å². The molecule has 0 fully saturated rings. The predicted octanol–water partition coefficient (Wildman–Crippen LogP) is 3.28. The number of ether oxygens (including phenoxy) is 1. The first-order chi connectivity index (χ1) is 16.4. The molecule has 4 N–H and O–H groups in total. The van der Waals surface area contributed by atoms with Crippen LogP contribution in [0.4, 0.5) is 0 Å². The Kier molecular flexibility index (Phi) is 11.0. The van der Waals surface area contributed by atoms with Crippen LogP contribution in [-0.4, -0.2) is 58.8 Å². The highest BCUT2D eigenvalue weighted by atomic mass is 35.5. The Morgan fingerprint density at radius 3 is 2.54 bits per heavy atom. The topological polar surface area (TPSA) is 127 Å². The van der Waals surface area contributed by atoms with Crippen molar-refractivity contribution in [2.75, 3.05) is 19.1 Å². The Bertz CT molecular complexity index is 1130. The van der Waals surface area contributed by atoms with Crippen LogP contribution in [-0.2, 0) is 16.0 Å². The number of hydrogen-bond acceptors (Lipinski definition) is 7.